The zero-order chi connectivity index (χ0) is 32.0. The number of thiophene rings is 1. The molecule has 0 bridgehead atoms. The van der Waals surface area contributed by atoms with Gasteiger partial charge in [0.2, 0.25) is 0 Å². The summed E-state index contributed by atoms with van der Waals surface area (Å²) in [5, 5.41) is 4.86. The number of hydrogen-bond acceptors (Lipinski definition) is 3. The van der Waals surface area contributed by atoms with Crippen molar-refractivity contribution in [3.8, 4) is 22.3 Å². The Bertz CT molecular complexity index is 2730. The SMILES string of the molecule is CC1(C)c2ccccc2-c2ccc(N(c3ccc4oc5ccccc5c4c3)c3ccccc3-c3cccc4sc5ccccc5c34)cc21. The molecule has 0 N–H and O–H groups in total. The highest BCUT2D eigenvalue weighted by Gasteiger charge is 2.36. The third-order valence-electron chi connectivity index (χ3n) is 10.3. The van der Waals surface area contributed by atoms with E-state index in [0.29, 0.717) is 0 Å². The summed E-state index contributed by atoms with van der Waals surface area (Å²) in [7, 11) is 0. The zero-order valence-corrected chi connectivity index (χ0v) is 27.5. The molecule has 0 saturated carbocycles. The van der Waals surface area contributed by atoms with Crippen molar-refractivity contribution in [3.63, 3.8) is 0 Å². The molecular weight excluding hydrogens is 603 g/mol. The lowest BCUT2D eigenvalue weighted by Crippen LogP contribution is -2.16. The second-order valence-corrected chi connectivity index (χ2v) is 14.4. The van der Waals surface area contributed by atoms with Crippen molar-refractivity contribution in [1.29, 1.82) is 0 Å². The highest BCUT2D eigenvalue weighted by atomic mass is 32.1. The Morgan fingerprint density at radius 1 is 0.479 bits per heavy atom. The Balaban J connectivity index is 1.25. The van der Waals surface area contributed by atoms with Crippen LogP contribution in [0.2, 0.25) is 0 Å². The second-order valence-electron chi connectivity index (χ2n) is 13.3. The van der Waals surface area contributed by atoms with Crippen LogP contribution in [0.4, 0.5) is 17.1 Å². The molecule has 1 aliphatic carbocycles. The minimum absolute atomic E-state index is 0.112. The van der Waals surface area contributed by atoms with Crippen LogP contribution < -0.4 is 4.90 Å². The van der Waals surface area contributed by atoms with Gasteiger partial charge in [0.25, 0.3) is 0 Å². The summed E-state index contributed by atoms with van der Waals surface area (Å²) in [4.78, 5) is 2.45. The maximum Gasteiger partial charge on any atom is 0.135 e. The van der Waals surface area contributed by atoms with Gasteiger partial charge < -0.3 is 9.32 Å². The monoisotopic (exact) mass is 633 g/mol. The van der Waals surface area contributed by atoms with Crippen molar-refractivity contribution in [2.75, 3.05) is 4.90 Å². The van der Waals surface area contributed by atoms with Gasteiger partial charge in [-0.05, 0) is 82.4 Å². The Kier molecular flexibility index (Phi) is 5.82. The van der Waals surface area contributed by atoms with Crippen molar-refractivity contribution in [1.82, 2.24) is 0 Å². The van der Waals surface area contributed by atoms with Gasteiger partial charge in [0.1, 0.15) is 11.2 Å². The van der Waals surface area contributed by atoms with Gasteiger partial charge in [-0.25, -0.2) is 0 Å². The molecule has 1 aliphatic rings. The van der Waals surface area contributed by atoms with Gasteiger partial charge in [-0.1, -0.05) is 111 Å². The predicted molar refractivity (Wildman–Crippen MR) is 204 cm³/mol. The smallest absolute Gasteiger partial charge is 0.135 e. The number of para-hydroxylation sites is 2. The van der Waals surface area contributed by atoms with Crippen molar-refractivity contribution >= 4 is 70.5 Å². The lowest BCUT2D eigenvalue weighted by molar-refractivity contribution is 0.660. The molecule has 228 valence electrons. The number of fused-ring (bicyclic) bond motifs is 9. The van der Waals surface area contributed by atoms with Gasteiger partial charge >= 0.3 is 0 Å². The number of hydrogen-bond donors (Lipinski definition) is 0. The minimum Gasteiger partial charge on any atom is -0.456 e. The summed E-state index contributed by atoms with van der Waals surface area (Å²) in [6.45, 7) is 4.71. The molecule has 2 nitrogen and oxygen atoms in total. The maximum atomic E-state index is 6.28. The largest absolute Gasteiger partial charge is 0.456 e. The van der Waals surface area contributed by atoms with E-state index in [1.165, 1.54) is 53.6 Å². The van der Waals surface area contributed by atoms with E-state index in [1.54, 1.807) is 0 Å². The van der Waals surface area contributed by atoms with Gasteiger partial charge in [-0.15, -0.1) is 11.3 Å². The molecule has 0 atom stereocenters. The molecular formula is C45H31NOS. The van der Waals surface area contributed by atoms with Crippen LogP contribution in [0.3, 0.4) is 0 Å². The predicted octanol–water partition coefficient (Wildman–Crippen LogP) is 13.4. The van der Waals surface area contributed by atoms with Gasteiger partial charge in [0.15, 0.2) is 0 Å². The Labute approximate surface area is 283 Å². The van der Waals surface area contributed by atoms with Gasteiger partial charge in [0, 0.05) is 53.3 Å². The fraction of sp³-hybridized carbons (Fsp3) is 0.0667. The molecule has 0 saturated heterocycles. The van der Waals surface area contributed by atoms with E-state index in [2.05, 4.69) is 158 Å². The van der Waals surface area contributed by atoms with Gasteiger partial charge in [-0.3, -0.25) is 0 Å². The number of anilines is 3. The van der Waals surface area contributed by atoms with E-state index < -0.39 is 0 Å². The summed E-state index contributed by atoms with van der Waals surface area (Å²) < 4.78 is 8.89. The molecule has 0 fully saturated rings. The molecule has 0 unspecified atom stereocenters. The molecule has 7 aromatic carbocycles. The molecule has 0 amide bonds. The average Bonchev–Trinajstić information content (AvgIpc) is 3.76. The van der Waals surface area contributed by atoms with E-state index >= 15 is 0 Å². The van der Waals surface area contributed by atoms with E-state index in [1.807, 2.05) is 23.5 Å². The molecule has 9 aromatic rings. The standard InChI is InChI=1S/C45H31NOS/c1-45(2)37-17-7-3-12-30(37)31-24-22-29(27-38(31)45)46(28-23-25-41-36(26-28)33-14-5-9-19-40(33)47-41)39-18-8-4-13-32(39)34-16-11-21-43-44(34)35-15-6-10-20-42(35)48-43/h3-27H,1-2H3. The number of nitrogens with zero attached hydrogens (tertiary/aromatic N) is 1. The lowest BCUT2D eigenvalue weighted by Gasteiger charge is -2.30. The Hall–Kier alpha value is -5.64. The second kappa shape index (κ2) is 10.2. The third-order valence-corrected chi connectivity index (χ3v) is 11.4. The van der Waals surface area contributed by atoms with Crippen molar-refractivity contribution < 1.29 is 4.42 Å². The van der Waals surface area contributed by atoms with Crippen LogP contribution in [0.1, 0.15) is 25.0 Å². The van der Waals surface area contributed by atoms with E-state index in [0.717, 1.165) is 39.0 Å². The normalized spacial score (nSPS) is 13.4. The first-order valence-electron chi connectivity index (χ1n) is 16.5. The van der Waals surface area contributed by atoms with Gasteiger partial charge in [0.05, 0.1) is 5.69 Å². The van der Waals surface area contributed by atoms with Crippen LogP contribution in [-0.4, -0.2) is 0 Å². The molecule has 48 heavy (non-hydrogen) atoms. The third kappa shape index (κ3) is 3.92. The number of benzene rings is 7. The van der Waals surface area contributed by atoms with Crippen LogP contribution in [-0.2, 0) is 5.41 Å². The Morgan fingerprint density at radius 3 is 2.04 bits per heavy atom. The van der Waals surface area contributed by atoms with Crippen LogP contribution >= 0.6 is 11.3 Å². The van der Waals surface area contributed by atoms with Crippen LogP contribution in [0.15, 0.2) is 156 Å². The highest BCUT2D eigenvalue weighted by molar-refractivity contribution is 7.25. The van der Waals surface area contributed by atoms with E-state index in [4.69, 9.17) is 4.42 Å². The number of furan rings is 1. The zero-order valence-electron chi connectivity index (χ0n) is 26.7. The quantitative estimate of drug-likeness (QED) is 0.192. The van der Waals surface area contributed by atoms with Crippen molar-refractivity contribution in [3.05, 3.63) is 163 Å². The first-order chi connectivity index (χ1) is 23.6. The van der Waals surface area contributed by atoms with Gasteiger partial charge in [-0.2, -0.15) is 0 Å². The van der Waals surface area contributed by atoms with Crippen LogP contribution in [0.5, 0.6) is 0 Å². The molecule has 0 spiro atoms. The summed E-state index contributed by atoms with van der Waals surface area (Å²) in [5.74, 6) is 0. The van der Waals surface area contributed by atoms with E-state index in [9.17, 15) is 0 Å². The van der Waals surface area contributed by atoms with Crippen LogP contribution in [0, 0.1) is 0 Å². The highest BCUT2D eigenvalue weighted by Crippen LogP contribution is 2.52. The average molecular weight is 634 g/mol. The fourth-order valence-electron chi connectivity index (χ4n) is 8.01. The fourth-order valence-corrected chi connectivity index (χ4v) is 9.14. The van der Waals surface area contributed by atoms with Crippen molar-refractivity contribution in [2.45, 2.75) is 19.3 Å². The van der Waals surface area contributed by atoms with Crippen molar-refractivity contribution in [2.24, 2.45) is 0 Å². The summed E-state index contributed by atoms with van der Waals surface area (Å²) in [6, 6.07) is 55.3. The summed E-state index contributed by atoms with van der Waals surface area (Å²) in [6.07, 6.45) is 0. The number of rotatable bonds is 4. The molecule has 2 heterocycles. The maximum absolute atomic E-state index is 6.28. The molecule has 0 aliphatic heterocycles. The first kappa shape index (κ1) is 27.5. The first-order valence-corrected chi connectivity index (χ1v) is 17.3. The summed E-state index contributed by atoms with van der Waals surface area (Å²) >= 11 is 1.86. The minimum atomic E-state index is -0.112. The molecule has 3 heteroatoms. The van der Waals surface area contributed by atoms with Crippen LogP contribution in [0.25, 0.3) is 64.4 Å². The summed E-state index contributed by atoms with van der Waals surface area (Å²) in [5.41, 5.74) is 12.9. The molecule has 0 radical (unpaired) electrons. The van der Waals surface area contributed by atoms with E-state index in [-0.39, 0.29) is 5.41 Å². The topological polar surface area (TPSA) is 16.4 Å². The molecule has 10 rings (SSSR count). The molecule has 2 aromatic heterocycles. The lowest BCUT2D eigenvalue weighted by atomic mass is 9.82. The Morgan fingerprint density at radius 2 is 1.12 bits per heavy atom.